The zero-order valence-corrected chi connectivity index (χ0v) is 11.9. The van der Waals surface area contributed by atoms with Crippen LogP contribution in [-0.2, 0) is 6.54 Å². The molecule has 1 N–H and O–H groups in total. The Morgan fingerprint density at radius 1 is 1.05 bits per heavy atom. The van der Waals surface area contributed by atoms with Crippen LogP contribution in [0.2, 0.25) is 0 Å². The number of nitrogens with zero attached hydrogens (tertiary/aromatic N) is 1. The standard InChI is InChI=1S/C16H16N2S/c1-11-12(2)19-16(18-11)17-10-14-8-5-7-13-6-3-4-9-15(13)14/h3-9H,10H2,1-2H3,(H,17,18). The molecular weight excluding hydrogens is 252 g/mol. The highest BCUT2D eigenvalue weighted by Crippen LogP contribution is 2.23. The van der Waals surface area contributed by atoms with Gasteiger partial charge < -0.3 is 5.32 Å². The summed E-state index contributed by atoms with van der Waals surface area (Å²) in [7, 11) is 0. The Kier molecular flexibility index (Phi) is 3.22. The van der Waals surface area contributed by atoms with Crippen LogP contribution in [0.3, 0.4) is 0 Å². The highest BCUT2D eigenvalue weighted by Gasteiger charge is 2.04. The van der Waals surface area contributed by atoms with Gasteiger partial charge in [0.2, 0.25) is 0 Å². The molecule has 0 spiro atoms. The summed E-state index contributed by atoms with van der Waals surface area (Å²) in [6.07, 6.45) is 0. The van der Waals surface area contributed by atoms with Gasteiger partial charge in [-0.1, -0.05) is 42.5 Å². The van der Waals surface area contributed by atoms with Crippen LogP contribution in [0.15, 0.2) is 42.5 Å². The molecule has 0 aliphatic rings. The maximum Gasteiger partial charge on any atom is 0.183 e. The first-order valence-corrected chi connectivity index (χ1v) is 7.20. The van der Waals surface area contributed by atoms with Gasteiger partial charge in [0.15, 0.2) is 5.13 Å². The predicted octanol–water partition coefficient (Wildman–Crippen LogP) is 4.53. The Bertz CT molecular complexity index is 691. The first-order chi connectivity index (χ1) is 9.24. The van der Waals surface area contributed by atoms with E-state index in [-0.39, 0.29) is 0 Å². The van der Waals surface area contributed by atoms with E-state index in [4.69, 9.17) is 0 Å². The molecule has 0 saturated heterocycles. The van der Waals surface area contributed by atoms with Crippen molar-refractivity contribution in [1.29, 1.82) is 0 Å². The van der Waals surface area contributed by atoms with E-state index in [0.29, 0.717) is 0 Å². The van der Waals surface area contributed by atoms with Crippen LogP contribution >= 0.6 is 11.3 Å². The van der Waals surface area contributed by atoms with Crippen molar-refractivity contribution in [3.63, 3.8) is 0 Å². The Morgan fingerprint density at radius 3 is 2.63 bits per heavy atom. The number of anilines is 1. The number of benzene rings is 2. The van der Waals surface area contributed by atoms with E-state index < -0.39 is 0 Å². The number of hydrogen-bond donors (Lipinski definition) is 1. The molecule has 96 valence electrons. The fourth-order valence-electron chi connectivity index (χ4n) is 2.17. The number of fused-ring (bicyclic) bond motifs is 1. The van der Waals surface area contributed by atoms with E-state index in [1.165, 1.54) is 21.2 Å². The van der Waals surface area contributed by atoms with Gasteiger partial charge >= 0.3 is 0 Å². The second-order valence-electron chi connectivity index (χ2n) is 4.65. The van der Waals surface area contributed by atoms with E-state index in [1.807, 2.05) is 0 Å². The second kappa shape index (κ2) is 5.02. The van der Waals surface area contributed by atoms with Gasteiger partial charge in [-0.15, -0.1) is 11.3 Å². The Hall–Kier alpha value is -1.87. The van der Waals surface area contributed by atoms with Gasteiger partial charge in [-0.05, 0) is 30.2 Å². The third-order valence-corrected chi connectivity index (χ3v) is 4.37. The molecule has 0 bridgehead atoms. The molecule has 0 aliphatic heterocycles. The Labute approximate surface area is 117 Å². The van der Waals surface area contributed by atoms with Crippen molar-refractivity contribution in [3.8, 4) is 0 Å². The minimum Gasteiger partial charge on any atom is -0.357 e. The lowest BCUT2D eigenvalue weighted by atomic mass is 10.0. The van der Waals surface area contributed by atoms with Gasteiger partial charge in [0.1, 0.15) is 0 Å². The lowest BCUT2D eigenvalue weighted by molar-refractivity contribution is 1.13. The van der Waals surface area contributed by atoms with Crippen LogP contribution in [0.5, 0.6) is 0 Å². The molecule has 1 aromatic heterocycles. The van der Waals surface area contributed by atoms with Gasteiger partial charge in [-0.2, -0.15) is 0 Å². The van der Waals surface area contributed by atoms with Crippen molar-refractivity contribution in [2.24, 2.45) is 0 Å². The molecule has 3 rings (SSSR count). The Morgan fingerprint density at radius 2 is 1.84 bits per heavy atom. The van der Waals surface area contributed by atoms with Crippen LogP contribution in [0.1, 0.15) is 16.1 Å². The molecule has 0 unspecified atom stereocenters. The van der Waals surface area contributed by atoms with E-state index >= 15 is 0 Å². The minimum absolute atomic E-state index is 0.813. The van der Waals surface area contributed by atoms with Crippen LogP contribution < -0.4 is 5.32 Å². The van der Waals surface area contributed by atoms with Gasteiger partial charge in [0, 0.05) is 11.4 Å². The topological polar surface area (TPSA) is 24.9 Å². The molecule has 2 nitrogen and oxygen atoms in total. The summed E-state index contributed by atoms with van der Waals surface area (Å²) >= 11 is 1.72. The third kappa shape index (κ3) is 2.47. The van der Waals surface area contributed by atoms with Crippen molar-refractivity contribution in [2.75, 3.05) is 5.32 Å². The fourth-order valence-corrected chi connectivity index (χ4v) is 2.98. The number of aryl methyl sites for hydroxylation is 2. The predicted molar refractivity (Wildman–Crippen MR) is 82.9 cm³/mol. The Balaban J connectivity index is 1.85. The van der Waals surface area contributed by atoms with Gasteiger partial charge in [0.05, 0.1) is 5.69 Å². The SMILES string of the molecule is Cc1nc(NCc2cccc3ccccc23)sc1C. The first-order valence-electron chi connectivity index (χ1n) is 6.38. The highest BCUT2D eigenvalue weighted by atomic mass is 32.1. The number of aromatic nitrogens is 1. The first kappa shape index (κ1) is 12.2. The average Bonchev–Trinajstić information content (AvgIpc) is 2.75. The maximum atomic E-state index is 4.51. The minimum atomic E-state index is 0.813. The second-order valence-corrected chi connectivity index (χ2v) is 5.86. The van der Waals surface area contributed by atoms with Crippen LogP contribution in [-0.4, -0.2) is 4.98 Å². The van der Waals surface area contributed by atoms with E-state index in [0.717, 1.165) is 17.4 Å². The molecule has 0 amide bonds. The van der Waals surface area contributed by atoms with Crippen LogP contribution in [0.25, 0.3) is 10.8 Å². The molecule has 2 aromatic carbocycles. The van der Waals surface area contributed by atoms with E-state index in [1.54, 1.807) is 11.3 Å². The number of nitrogens with one attached hydrogen (secondary N) is 1. The fraction of sp³-hybridized carbons (Fsp3) is 0.188. The molecule has 0 saturated carbocycles. The number of thiazole rings is 1. The zero-order valence-electron chi connectivity index (χ0n) is 11.1. The summed E-state index contributed by atoms with van der Waals surface area (Å²) in [6.45, 7) is 4.97. The summed E-state index contributed by atoms with van der Waals surface area (Å²) in [5.74, 6) is 0. The number of hydrogen-bond acceptors (Lipinski definition) is 3. The summed E-state index contributed by atoms with van der Waals surface area (Å²) in [4.78, 5) is 5.79. The smallest absolute Gasteiger partial charge is 0.183 e. The van der Waals surface area contributed by atoms with Crippen molar-refractivity contribution in [2.45, 2.75) is 20.4 Å². The molecule has 3 aromatic rings. The molecule has 1 heterocycles. The summed E-state index contributed by atoms with van der Waals surface area (Å²) in [6, 6.07) is 14.9. The van der Waals surface area contributed by atoms with Crippen molar-refractivity contribution in [3.05, 3.63) is 58.6 Å². The molecular formula is C16H16N2S. The quantitative estimate of drug-likeness (QED) is 0.755. The molecule has 3 heteroatoms. The molecule has 0 radical (unpaired) electrons. The number of rotatable bonds is 3. The van der Waals surface area contributed by atoms with Gasteiger partial charge in [-0.3, -0.25) is 0 Å². The van der Waals surface area contributed by atoms with E-state index in [9.17, 15) is 0 Å². The molecule has 0 fully saturated rings. The monoisotopic (exact) mass is 268 g/mol. The summed E-state index contributed by atoms with van der Waals surface area (Å²) in [5.41, 5.74) is 2.43. The van der Waals surface area contributed by atoms with Crippen LogP contribution in [0.4, 0.5) is 5.13 Å². The summed E-state index contributed by atoms with van der Waals surface area (Å²) < 4.78 is 0. The maximum absolute atomic E-state index is 4.51. The van der Waals surface area contributed by atoms with Crippen molar-refractivity contribution in [1.82, 2.24) is 4.98 Å². The van der Waals surface area contributed by atoms with Crippen molar-refractivity contribution >= 4 is 27.2 Å². The highest BCUT2D eigenvalue weighted by molar-refractivity contribution is 7.15. The summed E-state index contributed by atoms with van der Waals surface area (Å²) in [5, 5.41) is 7.02. The average molecular weight is 268 g/mol. The van der Waals surface area contributed by atoms with Crippen molar-refractivity contribution < 1.29 is 0 Å². The lowest BCUT2D eigenvalue weighted by Gasteiger charge is -2.07. The molecule has 19 heavy (non-hydrogen) atoms. The molecule has 0 atom stereocenters. The van der Waals surface area contributed by atoms with Gasteiger partial charge in [0.25, 0.3) is 0 Å². The van der Waals surface area contributed by atoms with E-state index in [2.05, 4.69) is 66.6 Å². The lowest BCUT2D eigenvalue weighted by Crippen LogP contribution is -1.99. The largest absolute Gasteiger partial charge is 0.357 e. The van der Waals surface area contributed by atoms with Crippen LogP contribution in [0, 0.1) is 13.8 Å². The normalized spacial score (nSPS) is 10.8. The molecule has 0 aliphatic carbocycles. The third-order valence-electron chi connectivity index (χ3n) is 3.34. The van der Waals surface area contributed by atoms with Gasteiger partial charge in [-0.25, -0.2) is 4.98 Å². The zero-order chi connectivity index (χ0) is 13.2.